The average Bonchev–Trinajstić information content (AvgIpc) is 2.99. The lowest BCUT2D eigenvalue weighted by Gasteiger charge is -2.08. The van der Waals surface area contributed by atoms with Crippen molar-refractivity contribution in [1.82, 2.24) is 0 Å². The Bertz CT molecular complexity index is 1000. The lowest BCUT2D eigenvalue weighted by molar-refractivity contribution is 0.0526. The largest absolute Gasteiger partial charge is 0.494 e. The average molecular weight is 518 g/mol. The Morgan fingerprint density at radius 1 is 1.30 bits per heavy atom. The maximum Gasteiger partial charge on any atom is 0.342 e. The summed E-state index contributed by atoms with van der Waals surface area (Å²) < 4.78 is 18.0. The summed E-state index contributed by atoms with van der Waals surface area (Å²) in [5.41, 5.74) is 1.72. The second-order valence-electron chi connectivity index (χ2n) is 5.56. The highest BCUT2D eigenvalue weighted by molar-refractivity contribution is 9.11. The highest BCUT2D eigenvalue weighted by Crippen LogP contribution is 2.43. The van der Waals surface area contributed by atoms with Crippen molar-refractivity contribution in [2.45, 2.75) is 13.5 Å². The van der Waals surface area contributed by atoms with Crippen molar-refractivity contribution in [3.8, 4) is 5.75 Å². The van der Waals surface area contributed by atoms with E-state index < -0.39 is 5.97 Å². The summed E-state index contributed by atoms with van der Waals surface area (Å²) in [6.45, 7) is 2.31. The van der Waals surface area contributed by atoms with Crippen LogP contribution in [0.15, 0.2) is 43.7 Å². The van der Waals surface area contributed by atoms with Crippen LogP contribution >= 0.6 is 43.5 Å². The van der Waals surface area contributed by atoms with E-state index in [9.17, 15) is 4.79 Å². The molecule has 8 heteroatoms. The molecule has 1 aromatic heterocycles. The van der Waals surface area contributed by atoms with Crippen molar-refractivity contribution in [3.63, 3.8) is 0 Å². The highest BCUT2D eigenvalue weighted by Gasteiger charge is 2.26. The predicted molar refractivity (Wildman–Crippen MR) is 113 cm³/mol. The van der Waals surface area contributed by atoms with Gasteiger partial charge in [-0.1, -0.05) is 17.7 Å². The molecule has 0 saturated carbocycles. The first-order chi connectivity index (χ1) is 13.0. The molecule has 0 radical (unpaired) electrons. The van der Waals surface area contributed by atoms with Gasteiger partial charge in [-0.25, -0.2) is 4.79 Å². The molecule has 0 aliphatic heterocycles. The molecule has 1 heterocycles. The number of rotatable bonds is 6. The van der Waals surface area contributed by atoms with Gasteiger partial charge in [0.1, 0.15) is 22.7 Å². The molecule has 1 N–H and O–H groups in total. The Hall–Kier alpha value is -1.70. The van der Waals surface area contributed by atoms with Gasteiger partial charge in [-0.15, -0.1) is 0 Å². The van der Waals surface area contributed by atoms with Gasteiger partial charge in [0, 0.05) is 10.7 Å². The van der Waals surface area contributed by atoms with Crippen LogP contribution in [0.3, 0.4) is 0 Å². The van der Waals surface area contributed by atoms with Crippen LogP contribution in [0.4, 0.5) is 5.69 Å². The topological polar surface area (TPSA) is 60.7 Å². The zero-order chi connectivity index (χ0) is 19.6. The van der Waals surface area contributed by atoms with Crippen molar-refractivity contribution in [1.29, 1.82) is 0 Å². The van der Waals surface area contributed by atoms with Gasteiger partial charge in [0.05, 0.1) is 34.6 Å². The first-order valence-corrected chi connectivity index (χ1v) is 10.1. The van der Waals surface area contributed by atoms with Crippen LogP contribution in [0.5, 0.6) is 5.75 Å². The van der Waals surface area contributed by atoms with Crippen LogP contribution in [0.25, 0.3) is 11.0 Å². The van der Waals surface area contributed by atoms with Crippen LogP contribution in [0, 0.1) is 0 Å². The molecule has 27 heavy (non-hydrogen) atoms. The minimum Gasteiger partial charge on any atom is -0.494 e. The number of benzene rings is 2. The third-order valence-corrected chi connectivity index (χ3v) is 5.44. The molecule has 0 spiro atoms. The minimum atomic E-state index is -0.454. The highest BCUT2D eigenvalue weighted by atomic mass is 79.9. The molecule has 3 aromatic rings. The molecule has 2 aromatic carbocycles. The van der Waals surface area contributed by atoms with E-state index in [-0.39, 0.29) is 13.2 Å². The Balaban J connectivity index is 2.09. The molecule has 0 fully saturated rings. The van der Waals surface area contributed by atoms with Crippen LogP contribution in [0.2, 0.25) is 5.02 Å². The van der Waals surface area contributed by atoms with Gasteiger partial charge in [0.25, 0.3) is 0 Å². The van der Waals surface area contributed by atoms with Crippen molar-refractivity contribution in [2.24, 2.45) is 0 Å². The van der Waals surface area contributed by atoms with Gasteiger partial charge in [0.15, 0.2) is 0 Å². The Morgan fingerprint density at radius 3 is 2.74 bits per heavy atom. The maximum absolute atomic E-state index is 12.6. The molecule has 0 unspecified atom stereocenters. The van der Waals surface area contributed by atoms with Gasteiger partial charge in [0.2, 0.25) is 0 Å². The molecular formula is C19H16Br2ClNO4. The molecule has 5 nitrogen and oxygen atoms in total. The van der Waals surface area contributed by atoms with E-state index in [1.54, 1.807) is 32.2 Å². The van der Waals surface area contributed by atoms with E-state index in [1.165, 1.54) is 0 Å². The Kier molecular flexibility index (Phi) is 6.34. The number of fused-ring (bicyclic) bond motifs is 1. The second kappa shape index (κ2) is 8.54. The van der Waals surface area contributed by atoms with Crippen molar-refractivity contribution < 1.29 is 18.7 Å². The first-order valence-electron chi connectivity index (χ1n) is 8.10. The number of methoxy groups -OCH3 is 1. The third-order valence-electron chi connectivity index (χ3n) is 3.86. The summed E-state index contributed by atoms with van der Waals surface area (Å²) in [7, 11) is 1.56. The van der Waals surface area contributed by atoms with E-state index >= 15 is 0 Å². The van der Waals surface area contributed by atoms with Crippen LogP contribution in [0.1, 0.15) is 23.0 Å². The van der Waals surface area contributed by atoms with E-state index in [4.69, 9.17) is 25.5 Å². The number of hydrogen-bond donors (Lipinski definition) is 1. The SMILES string of the molecule is CCOC(=O)c1c(CNc2cccc(Cl)c2)oc2cc(Br)c(OC)c(Br)c12. The van der Waals surface area contributed by atoms with Crippen molar-refractivity contribution >= 4 is 66.1 Å². The van der Waals surface area contributed by atoms with Crippen molar-refractivity contribution in [2.75, 3.05) is 19.0 Å². The van der Waals surface area contributed by atoms with Crippen LogP contribution < -0.4 is 10.1 Å². The summed E-state index contributed by atoms with van der Waals surface area (Å²) in [6.07, 6.45) is 0. The molecule has 3 rings (SSSR count). The standard InChI is InChI=1S/C19H16Br2ClNO4/c1-3-26-19(24)16-14(9-23-11-6-4-5-10(22)7-11)27-13-8-12(20)18(25-2)17(21)15(13)16/h4-8,23H,3,9H2,1-2H3. The molecule has 0 aliphatic rings. The Morgan fingerprint density at radius 2 is 2.07 bits per heavy atom. The van der Waals surface area contributed by atoms with E-state index in [0.717, 1.165) is 5.69 Å². The summed E-state index contributed by atoms with van der Waals surface area (Å²) in [5.74, 6) is 0.580. The molecule has 0 atom stereocenters. The number of furan rings is 1. The van der Waals surface area contributed by atoms with Gasteiger partial charge < -0.3 is 19.2 Å². The maximum atomic E-state index is 12.6. The summed E-state index contributed by atoms with van der Waals surface area (Å²) in [4.78, 5) is 12.6. The number of carbonyl (C=O) groups excluding carboxylic acids is 1. The summed E-state index contributed by atoms with van der Waals surface area (Å²) in [5, 5.41) is 4.44. The van der Waals surface area contributed by atoms with E-state index in [2.05, 4.69) is 37.2 Å². The quantitative estimate of drug-likeness (QED) is 0.383. The lowest BCUT2D eigenvalue weighted by Crippen LogP contribution is -2.09. The fourth-order valence-corrected chi connectivity index (χ4v) is 4.52. The number of halogens is 3. The minimum absolute atomic E-state index is 0.262. The molecule has 0 aliphatic carbocycles. The molecule has 0 bridgehead atoms. The third kappa shape index (κ3) is 4.10. The zero-order valence-electron chi connectivity index (χ0n) is 14.6. The lowest BCUT2D eigenvalue weighted by atomic mass is 10.1. The second-order valence-corrected chi connectivity index (χ2v) is 7.65. The Labute approximate surface area is 178 Å². The number of anilines is 1. The fourth-order valence-electron chi connectivity index (χ4n) is 2.73. The number of esters is 1. The number of nitrogens with one attached hydrogen (secondary N) is 1. The summed E-state index contributed by atoms with van der Waals surface area (Å²) >= 11 is 13.0. The molecule has 0 amide bonds. The number of hydrogen-bond acceptors (Lipinski definition) is 5. The molecule has 142 valence electrons. The number of ether oxygens (including phenoxy) is 2. The zero-order valence-corrected chi connectivity index (χ0v) is 18.5. The number of carbonyl (C=O) groups is 1. The summed E-state index contributed by atoms with van der Waals surface area (Å²) in [6, 6.07) is 9.08. The van der Waals surface area contributed by atoms with Crippen LogP contribution in [-0.4, -0.2) is 19.7 Å². The van der Waals surface area contributed by atoms with Crippen molar-refractivity contribution in [3.05, 3.63) is 55.6 Å². The smallest absolute Gasteiger partial charge is 0.342 e. The fraction of sp³-hybridized carbons (Fsp3) is 0.211. The molecular weight excluding hydrogens is 501 g/mol. The van der Waals surface area contributed by atoms with Gasteiger partial charge in [-0.05, 0) is 63.0 Å². The predicted octanol–water partition coefficient (Wildman–Crippen LogP) is 6.41. The molecule has 0 saturated heterocycles. The van der Waals surface area contributed by atoms with Gasteiger partial charge in [-0.2, -0.15) is 0 Å². The first kappa shape index (κ1) is 20.0. The van der Waals surface area contributed by atoms with Gasteiger partial charge >= 0.3 is 5.97 Å². The monoisotopic (exact) mass is 515 g/mol. The van der Waals surface area contributed by atoms with E-state index in [0.29, 0.717) is 42.0 Å². The normalized spacial score (nSPS) is 10.9. The van der Waals surface area contributed by atoms with Crippen LogP contribution in [-0.2, 0) is 11.3 Å². The van der Waals surface area contributed by atoms with Gasteiger partial charge in [-0.3, -0.25) is 0 Å². The van der Waals surface area contributed by atoms with E-state index in [1.807, 2.05) is 12.1 Å².